The summed E-state index contributed by atoms with van der Waals surface area (Å²) in [6.45, 7) is 3.80. The number of aromatic amines is 1. The largest absolute Gasteiger partial charge is 0.419 e. The molecule has 0 aliphatic heterocycles. The molecule has 0 saturated heterocycles. The van der Waals surface area contributed by atoms with Crippen LogP contribution in [0.2, 0.25) is 0 Å². The van der Waals surface area contributed by atoms with Crippen molar-refractivity contribution in [2.45, 2.75) is 32.6 Å². The molecule has 1 fully saturated rings. The smallest absolute Gasteiger partial charge is 0.264 e. The van der Waals surface area contributed by atoms with E-state index in [2.05, 4.69) is 31.1 Å². The number of carbonyl (C=O) groups excluding carboxylic acids is 1. The van der Waals surface area contributed by atoms with Crippen molar-refractivity contribution in [1.29, 1.82) is 0 Å². The Bertz CT molecular complexity index is 938. The molecule has 0 radical (unpaired) electrons. The van der Waals surface area contributed by atoms with Crippen molar-refractivity contribution in [2.75, 3.05) is 0 Å². The Morgan fingerprint density at radius 1 is 1.29 bits per heavy atom. The van der Waals surface area contributed by atoms with Gasteiger partial charge in [-0.2, -0.15) is 0 Å². The number of ketones is 1. The standard InChI is InChI=1S/C18H16BrN3O2/c1-9-14(16(23)12-4-3-5-13(19)8-12)10(2)20-15(9)18-22-21-17(24-18)11-6-7-11/h3-5,8,11,20H,6-7H2,1-2H3. The summed E-state index contributed by atoms with van der Waals surface area (Å²) >= 11 is 3.41. The highest BCUT2D eigenvalue weighted by Crippen LogP contribution is 2.40. The molecule has 4 rings (SSSR count). The first-order valence-electron chi connectivity index (χ1n) is 7.88. The van der Waals surface area contributed by atoms with E-state index in [9.17, 15) is 4.79 Å². The number of benzene rings is 1. The van der Waals surface area contributed by atoms with Crippen molar-refractivity contribution in [3.05, 3.63) is 57.0 Å². The second-order valence-electron chi connectivity index (χ2n) is 6.18. The molecule has 3 aromatic rings. The van der Waals surface area contributed by atoms with Gasteiger partial charge < -0.3 is 9.40 Å². The second kappa shape index (κ2) is 5.70. The Balaban J connectivity index is 1.74. The molecule has 1 aliphatic rings. The minimum atomic E-state index is -0.0178. The molecule has 24 heavy (non-hydrogen) atoms. The Hall–Kier alpha value is -2.21. The normalized spacial score (nSPS) is 14.1. The van der Waals surface area contributed by atoms with E-state index in [4.69, 9.17) is 4.42 Å². The highest BCUT2D eigenvalue weighted by molar-refractivity contribution is 9.10. The van der Waals surface area contributed by atoms with E-state index < -0.39 is 0 Å². The third-order valence-electron chi connectivity index (χ3n) is 4.33. The van der Waals surface area contributed by atoms with Crippen LogP contribution in [-0.2, 0) is 0 Å². The molecule has 1 saturated carbocycles. The Morgan fingerprint density at radius 3 is 2.79 bits per heavy atom. The van der Waals surface area contributed by atoms with E-state index in [1.165, 1.54) is 0 Å². The molecule has 0 bridgehead atoms. The van der Waals surface area contributed by atoms with Gasteiger partial charge in [-0.1, -0.05) is 28.1 Å². The van der Waals surface area contributed by atoms with Gasteiger partial charge in [0.15, 0.2) is 5.78 Å². The first-order chi connectivity index (χ1) is 11.5. The lowest BCUT2D eigenvalue weighted by Crippen LogP contribution is -2.03. The maximum absolute atomic E-state index is 12.9. The number of aromatic nitrogens is 3. The first-order valence-corrected chi connectivity index (χ1v) is 8.67. The molecule has 0 atom stereocenters. The van der Waals surface area contributed by atoms with Crippen molar-refractivity contribution in [3.63, 3.8) is 0 Å². The lowest BCUT2D eigenvalue weighted by Gasteiger charge is -2.03. The van der Waals surface area contributed by atoms with Crippen LogP contribution in [0.15, 0.2) is 33.2 Å². The van der Waals surface area contributed by atoms with Gasteiger partial charge >= 0.3 is 0 Å². The molecular formula is C18H16BrN3O2. The van der Waals surface area contributed by atoms with Crippen molar-refractivity contribution in [3.8, 4) is 11.6 Å². The second-order valence-corrected chi connectivity index (χ2v) is 7.10. The molecule has 5 nitrogen and oxygen atoms in total. The van der Waals surface area contributed by atoms with Crippen LogP contribution in [0.25, 0.3) is 11.6 Å². The SMILES string of the molecule is Cc1[nH]c(-c2nnc(C3CC3)o2)c(C)c1C(=O)c1cccc(Br)c1. The van der Waals surface area contributed by atoms with Crippen molar-refractivity contribution in [1.82, 2.24) is 15.2 Å². The Morgan fingerprint density at radius 2 is 2.08 bits per heavy atom. The number of nitrogens with zero attached hydrogens (tertiary/aromatic N) is 2. The highest BCUT2D eigenvalue weighted by Gasteiger charge is 2.30. The zero-order chi connectivity index (χ0) is 16.8. The van der Waals surface area contributed by atoms with Gasteiger partial charge in [-0.25, -0.2) is 0 Å². The Labute approximate surface area is 147 Å². The lowest BCUT2D eigenvalue weighted by molar-refractivity contribution is 0.103. The van der Waals surface area contributed by atoms with Gasteiger partial charge in [0.2, 0.25) is 5.89 Å². The van der Waals surface area contributed by atoms with Crippen LogP contribution in [0.5, 0.6) is 0 Å². The Kier molecular flexibility index (Phi) is 3.64. The first kappa shape index (κ1) is 15.3. The predicted octanol–water partition coefficient (Wildman–Crippen LogP) is 4.55. The third kappa shape index (κ3) is 2.60. The van der Waals surface area contributed by atoms with Crippen LogP contribution in [0.3, 0.4) is 0 Å². The number of carbonyl (C=O) groups is 1. The fourth-order valence-corrected chi connectivity index (χ4v) is 3.31. The average molecular weight is 386 g/mol. The zero-order valence-electron chi connectivity index (χ0n) is 13.4. The third-order valence-corrected chi connectivity index (χ3v) is 4.83. The maximum Gasteiger partial charge on any atom is 0.264 e. The summed E-state index contributed by atoms with van der Waals surface area (Å²) in [5.74, 6) is 1.53. The van der Waals surface area contributed by atoms with Crippen LogP contribution >= 0.6 is 15.9 Å². The average Bonchev–Trinajstić information content (AvgIpc) is 3.22. The molecule has 1 N–H and O–H groups in total. The monoisotopic (exact) mass is 385 g/mol. The molecule has 0 spiro atoms. The summed E-state index contributed by atoms with van der Waals surface area (Å²) in [7, 11) is 0. The number of rotatable bonds is 4. The quantitative estimate of drug-likeness (QED) is 0.668. The van der Waals surface area contributed by atoms with Gasteiger partial charge in [0.1, 0.15) is 5.69 Å². The molecule has 2 heterocycles. The topological polar surface area (TPSA) is 71.8 Å². The number of H-pyrrole nitrogens is 1. The van der Waals surface area contributed by atoms with Gasteiger partial charge in [0.25, 0.3) is 5.89 Å². The number of hydrogen-bond donors (Lipinski definition) is 1. The fourth-order valence-electron chi connectivity index (χ4n) is 2.91. The summed E-state index contributed by atoms with van der Waals surface area (Å²) < 4.78 is 6.66. The minimum Gasteiger partial charge on any atom is -0.419 e. The predicted molar refractivity (Wildman–Crippen MR) is 93.1 cm³/mol. The van der Waals surface area contributed by atoms with E-state index in [0.29, 0.717) is 28.8 Å². The van der Waals surface area contributed by atoms with E-state index in [1.807, 2.05) is 38.1 Å². The van der Waals surface area contributed by atoms with Crippen LogP contribution in [-0.4, -0.2) is 21.0 Å². The van der Waals surface area contributed by atoms with E-state index in [-0.39, 0.29) is 5.78 Å². The molecule has 1 aromatic carbocycles. The lowest BCUT2D eigenvalue weighted by atomic mass is 10.00. The van der Waals surface area contributed by atoms with E-state index >= 15 is 0 Å². The highest BCUT2D eigenvalue weighted by atomic mass is 79.9. The summed E-state index contributed by atoms with van der Waals surface area (Å²) in [6, 6.07) is 7.40. The van der Waals surface area contributed by atoms with Gasteiger partial charge in [-0.3, -0.25) is 4.79 Å². The van der Waals surface area contributed by atoms with E-state index in [0.717, 1.165) is 34.3 Å². The molecule has 6 heteroatoms. The van der Waals surface area contributed by atoms with Crippen LogP contribution < -0.4 is 0 Å². The minimum absolute atomic E-state index is 0.0178. The molecule has 0 amide bonds. The van der Waals surface area contributed by atoms with Crippen molar-refractivity contribution < 1.29 is 9.21 Å². The summed E-state index contributed by atoms with van der Waals surface area (Å²) in [6.07, 6.45) is 2.22. The zero-order valence-corrected chi connectivity index (χ0v) is 15.0. The number of nitrogens with one attached hydrogen (secondary N) is 1. The molecule has 0 unspecified atom stereocenters. The summed E-state index contributed by atoms with van der Waals surface area (Å²) in [5.41, 5.74) is 3.67. The van der Waals surface area contributed by atoms with Gasteiger partial charge in [0, 0.05) is 27.2 Å². The van der Waals surface area contributed by atoms with Crippen LogP contribution in [0.4, 0.5) is 0 Å². The molecule has 122 valence electrons. The van der Waals surface area contributed by atoms with Crippen molar-refractivity contribution >= 4 is 21.7 Å². The molecular weight excluding hydrogens is 370 g/mol. The number of hydrogen-bond acceptors (Lipinski definition) is 4. The van der Waals surface area contributed by atoms with Crippen LogP contribution in [0, 0.1) is 13.8 Å². The van der Waals surface area contributed by atoms with Gasteiger partial charge in [0.05, 0.1) is 0 Å². The molecule has 2 aromatic heterocycles. The number of aryl methyl sites for hydroxylation is 1. The van der Waals surface area contributed by atoms with Gasteiger partial charge in [-0.05, 0) is 44.4 Å². The summed E-state index contributed by atoms with van der Waals surface area (Å²) in [5, 5.41) is 8.26. The summed E-state index contributed by atoms with van der Waals surface area (Å²) in [4.78, 5) is 16.1. The van der Waals surface area contributed by atoms with Crippen molar-refractivity contribution in [2.24, 2.45) is 0 Å². The van der Waals surface area contributed by atoms with E-state index in [1.54, 1.807) is 0 Å². The number of halogens is 1. The maximum atomic E-state index is 12.9. The van der Waals surface area contributed by atoms with Gasteiger partial charge in [-0.15, -0.1) is 10.2 Å². The van der Waals surface area contributed by atoms with Crippen LogP contribution in [0.1, 0.15) is 51.8 Å². The molecule has 1 aliphatic carbocycles. The fraction of sp³-hybridized carbons (Fsp3) is 0.278.